The van der Waals surface area contributed by atoms with E-state index in [2.05, 4.69) is 10.6 Å². The lowest BCUT2D eigenvalue weighted by Crippen LogP contribution is -2.63. The van der Waals surface area contributed by atoms with Crippen molar-refractivity contribution < 1.29 is 29.3 Å². The Morgan fingerprint density at radius 2 is 1.56 bits per heavy atom. The summed E-state index contributed by atoms with van der Waals surface area (Å²) in [5.41, 5.74) is 3.99. The summed E-state index contributed by atoms with van der Waals surface area (Å²) in [5, 5.41) is 23.9. The number of ether oxygens (including phenoxy) is 1. The van der Waals surface area contributed by atoms with Gasteiger partial charge in [0.15, 0.2) is 0 Å². The number of nitrogens with zero attached hydrogens (tertiary/aromatic N) is 1. The number of hydrogen-bond acceptors (Lipinski definition) is 6. The zero-order valence-electron chi connectivity index (χ0n) is 21.4. The van der Waals surface area contributed by atoms with Gasteiger partial charge in [0.2, 0.25) is 5.91 Å². The molecule has 4 N–H and O–H groups in total. The van der Waals surface area contributed by atoms with E-state index in [-0.39, 0.29) is 25.5 Å². The van der Waals surface area contributed by atoms with Gasteiger partial charge in [0.25, 0.3) is 0 Å². The zero-order chi connectivity index (χ0) is 27.4. The summed E-state index contributed by atoms with van der Waals surface area (Å²) in [6.07, 6.45) is -0.502. The fourth-order valence-electron chi connectivity index (χ4n) is 5.52. The predicted molar refractivity (Wildman–Crippen MR) is 144 cm³/mol. The van der Waals surface area contributed by atoms with Crippen molar-refractivity contribution in [2.45, 2.75) is 30.5 Å². The van der Waals surface area contributed by atoms with Crippen LogP contribution in [0.25, 0.3) is 11.1 Å². The molecular weight excluding hydrogens is 498 g/mol. The first-order valence-corrected chi connectivity index (χ1v) is 12.9. The van der Waals surface area contributed by atoms with Gasteiger partial charge in [-0.15, -0.1) is 0 Å². The number of carboxylic acids is 1. The molecule has 2 atom stereocenters. The van der Waals surface area contributed by atoms with Crippen LogP contribution in [-0.2, 0) is 20.9 Å². The molecule has 3 aromatic rings. The number of fused-ring (bicyclic) bond motifs is 3. The number of carbonyl (C=O) groups is 3. The van der Waals surface area contributed by atoms with Crippen LogP contribution in [0.5, 0.6) is 0 Å². The highest BCUT2D eigenvalue weighted by atomic mass is 16.5. The Morgan fingerprint density at radius 1 is 0.949 bits per heavy atom. The van der Waals surface area contributed by atoms with E-state index in [1.807, 2.05) is 83.8 Å². The molecular formula is C30H31N3O6. The van der Waals surface area contributed by atoms with Crippen LogP contribution in [0.15, 0.2) is 78.9 Å². The molecule has 1 heterocycles. The standard InChI is InChI=1S/C30H31N3O6/c34-17-26(27(35)36)31-28(37)30(14-15-33(19-30)16-20-8-2-1-3-9-20)32-29(38)39-18-25-23-12-6-4-10-21(23)22-11-5-7-13-24(22)25/h1-13,25-26,34H,14-19H2,(H,31,37)(H,32,38)(H,35,36)/t26-,30?/m0/s1. The minimum atomic E-state index is -1.48. The third-order valence-electron chi connectivity index (χ3n) is 7.50. The highest BCUT2D eigenvalue weighted by molar-refractivity contribution is 5.93. The van der Waals surface area contributed by atoms with Crippen molar-refractivity contribution in [3.05, 3.63) is 95.6 Å². The first-order valence-electron chi connectivity index (χ1n) is 12.9. The van der Waals surface area contributed by atoms with Crippen molar-refractivity contribution in [1.82, 2.24) is 15.5 Å². The summed E-state index contributed by atoms with van der Waals surface area (Å²) in [7, 11) is 0. The maximum Gasteiger partial charge on any atom is 0.408 e. The number of likely N-dealkylation sites (tertiary alicyclic amines) is 1. The minimum Gasteiger partial charge on any atom is -0.480 e. The van der Waals surface area contributed by atoms with Crippen molar-refractivity contribution >= 4 is 18.0 Å². The maximum absolute atomic E-state index is 13.4. The second-order valence-corrected chi connectivity index (χ2v) is 10.0. The quantitative estimate of drug-likeness (QED) is 0.336. The van der Waals surface area contributed by atoms with Crippen molar-refractivity contribution in [2.24, 2.45) is 0 Å². The number of carbonyl (C=O) groups excluding carboxylic acids is 2. The van der Waals surface area contributed by atoms with Gasteiger partial charge >= 0.3 is 12.1 Å². The molecule has 0 radical (unpaired) electrons. The number of hydrogen-bond donors (Lipinski definition) is 4. The number of rotatable bonds is 9. The number of benzene rings is 3. The van der Waals surface area contributed by atoms with Gasteiger partial charge in [-0.1, -0.05) is 78.9 Å². The SMILES string of the molecule is O=C(NC1(C(=O)N[C@@H](CO)C(=O)O)CCN(Cc2ccccc2)C1)OCC1c2ccccc2-c2ccccc21. The van der Waals surface area contributed by atoms with E-state index in [4.69, 9.17) is 4.74 Å². The van der Waals surface area contributed by atoms with Crippen molar-refractivity contribution in [1.29, 1.82) is 0 Å². The van der Waals surface area contributed by atoms with E-state index in [0.717, 1.165) is 27.8 Å². The molecule has 9 nitrogen and oxygen atoms in total. The molecule has 5 rings (SSSR count). The molecule has 1 saturated heterocycles. The third kappa shape index (κ3) is 5.50. The van der Waals surface area contributed by atoms with E-state index in [9.17, 15) is 24.6 Å². The Bertz CT molecular complexity index is 1320. The molecule has 1 aliphatic carbocycles. The highest BCUT2D eigenvalue weighted by Crippen LogP contribution is 2.44. The molecule has 1 unspecified atom stereocenters. The van der Waals surface area contributed by atoms with Gasteiger partial charge in [-0.3, -0.25) is 9.69 Å². The second kappa shape index (κ2) is 11.3. The van der Waals surface area contributed by atoms with Crippen LogP contribution in [-0.4, -0.2) is 71.0 Å². The summed E-state index contributed by atoms with van der Waals surface area (Å²) in [4.78, 5) is 40.0. The number of nitrogens with one attached hydrogen (secondary N) is 2. The number of aliphatic carboxylic acids is 1. The number of amides is 2. The van der Waals surface area contributed by atoms with Crippen LogP contribution in [0.3, 0.4) is 0 Å². The lowest BCUT2D eigenvalue weighted by atomic mass is 9.96. The summed E-state index contributed by atoms with van der Waals surface area (Å²) >= 11 is 0. The van der Waals surface area contributed by atoms with Gasteiger partial charge in [0.1, 0.15) is 18.2 Å². The van der Waals surface area contributed by atoms with Crippen LogP contribution in [0.4, 0.5) is 4.79 Å². The molecule has 0 aromatic heterocycles. The van der Waals surface area contributed by atoms with E-state index in [0.29, 0.717) is 13.1 Å². The molecule has 202 valence electrons. The molecule has 0 bridgehead atoms. The largest absolute Gasteiger partial charge is 0.480 e. The van der Waals surface area contributed by atoms with Crippen molar-refractivity contribution in [2.75, 3.05) is 26.3 Å². The Labute approximate surface area is 226 Å². The fraction of sp³-hybridized carbons (Fsp3) is 0.300. The minimum absolute atomic E-state index is 0.0830. The number of aliphatic hydroxyl groups is 1. The molecule has 0 spiro atoms. The van der Waals surface area contributed by atoms with Crippen molar-refractivity contribution in [3.63, 3.8) is 0 Å². The monoisotopic (exact) mass is 529 g/mol. The Morgan fingerprint density at radius 3 is 2.18 bits per heavy atom. The number of alkyl carbamates (subject to hydrolysis) is 1. The van der Waals surface area contributed by atoms with Crippen LogP contribution < -0.4 is 10.6 Å². The molecule has 3 aromatic carbocycles. The molecule has 2 amide bonds. The lowest BCUT2D eigenvalue weighted by Gasteiger charge is -2.30. The maximum atomic E-state index is 13.4. The first kappa shape index (κ1) is 26.4. The predicted octanol–water partition coefficient (Wildman–Crippen LogP) is 2.73. The van der Waals surface area contributed by atoms with Gasteiger partial charge in [-0.25, -0.2) is 9.59 Å². The van der Waals surface area contributed by atoms with E-state index in [1.165, 1.54) is 0 Å². The summed E-state index contributed by atoms with van der Waals surface area (Å²) in [6.45, 7) is 0.540. The van der Waals surface area contributed by atoms with Gasteiger partial charge < -0.3 is 25.6 Å². The third-order valence-corrected chi connectivity index (χ3v) is 7.50. The first-order chi connectivity index (χ1) is 18.9. The van der Waals surface area contributed by atoms with Crippen LogP contribution in [0.1, 0.15) is 29.0 Å². The topological polar surface area (TPSA) is 128 Å². The summed E-state index contributed by atoms with van der Waals surface area (Å²) < 4.78 is 5.69. The smallest absolute Gasteiger partial charge is 0.408 e. The fourth-order valence-corrected chi connectivity index (χ4v) is 5.52. The molecule has 1 fully saturated rings. The average Bonchev–Trinajstić information content (AvgIpc) is 3.50. The van der Waals surface area contributed by atoms with E-state index >= 15 is 0 Å². The zero-order valence-corrected chi connectivity index (χ0v) is 21.4. The highest BCUT2D eigenvalue weighted by Gasteiger charge is 2.47. The molecule has 0 saturated carbocycles. The molecule has 1 aliphatic heterocycles. The average molecular weight is 530 g/mol. The Hall–Kier alpha value is -4.21. The molecule has 2 aliphatic rings. The molecule has 9 heteroatoms. The van der Waals surface area contributed by atoms with Crippen LogP contribution in [0, 0.1) is 0 Å². The van der Waals surface area contributed by atoms with Gasteiger partial charge in [-0.05, 0) is 34.2 Å². The van der Waals surface area contributed by atoms with Gasteiger partial charge in [0.05, 0.1) is 6.61 Å². The summed E-state index contributed by atoms with van der Waals surface area (Å²) in [6, 6.07) is 24.3. The second-order valence-electron chi connectivity index (χ2n) is 10.0. The lowest BCUT2D eigenvalue weighted by molar-refractivity contribution is -0.144. The number of aliphatic hydroxyl groups excluding tert-OH is 1. The van der Waals surface area contributed by atoms with Crippen LogP contribution >= 0.6 is 0 Å². The summed E-state index contributed by atoms with van der Waals surface area (Å²) in [5.74, 6) is -2.17. The van der Waals surface area contributed by atoms with E-state index < -0.39 is 36.2 Å². The van der Waals surface area contributed by atoms with Gasteiger partial charge in [0, 0.05) is 25.6 Å². The number of carboxylic acid groups (broad SMARTS) is 1. The van der Waals surface area contributed by atoms with Crippen molar-refractivity contribution in [3.8, 4) is 11.1 Å². The normalized spacial score (nSPS) is 19.1. The molecule has 39 heavy (non-hydrogen) atoms. The van der Waals surface area contributed by atoms with Gasteiger partial charge in [-0.2, -0.15) is 0 Å². The van der Waals surface area contributed by atoms with E-state index in [1.54, 1.807) is 0 Å². The Balaban J connectivity index is 1.31. The Kier molecular flexibility index (Phi) is 7.63. The van der Waals surface area contributed by atoms with Crippen LogP contribution in [0.2, 0.25) is 0 Å².